The molecular formula is C30H37N3O6. The molecule has 9 nitrogen and oxygen atoms in total. The highest BCUT2D eigenvalue weighted by atomic mass is 16.5. The molecule has 0 saturated carbocycles. The van der Waals surface area contributed by atoms with Crippen LogP contribution < -0.4 is 24.4 Å². The van der Waals surface area contributed by atoms with Gasteiger partial charge in [0.2, 0.25) is 5.88 Å². The van der Waals surface area contributed by atoms with E-state index < -0.39 is 6.10 Å². The molecule has 2 aliphatic heterocycles. The number of β-amino-alcohol motifs (C(OH)–C–C–N with tert-alkyl or cyclic N) is 1. The summed E-state index contributed by atoms with van der Waals surface area (Å²) in [5.41, 5.74) is 3.17. The van der Waals surface area contributed by atoms with E-state index in [0.29, 0.717) is 43.7 Å². The Morgan fingerprint density at radius 3 is 2.74 bits per heavy atom. The summed E-state index contributed by atoms with van der Waals surface area (Å²) < 4.78 is 28.7. The van der Waals surface area contributed by atoms with Gasteiger partial charge in [-0.2, -0.15) is 0 Å². The van der Waals surface area contributed by atoms with Crippen LogP contribution in [0.3, 0.4) is 0 Å². The Bertz CT molecular complexity index is 1210. The van der Waals surface area contributed by atoms with E-state index in [9.17, 15) is 5.11 Å². The second-order valence-electron chi connectivity index (χ2n) is 9.79. The van der Waals surface area contributed by atoms with Crippen molar-refractivity contribution in [2.45, 2.75) is 31.2 Å². The summed E-state index contributed by atoms with van der Waals surface area (Å²) in [6.45, 7) is 4.81. The molecule has 2 N–H and O–H groups in total. The summed E-state index contributed by atoms with van der Waals surface area (Å²) in [5.74, 6) is 2.53. The number of aromatic nitrogens is 1. The van der Waals surface area contributed by atoms with Crippen LogP contribution in [-0.4, -0.2) is 75.9 Å². The number of rotatable bonds is 11. The Morgan fingerprint density at radius 1 is 1.05 bits per heavy atom. The molecule has 0 aliphatic carbocycles. The van der Waals surface area contributed by atoms with E-state index in [1.807, 2.05) is 30.3 Å². The third-order valence-electron chi connectivity index (χ3n) is 7.17. The molecule has 9 heteroatoms. The van der Waals surface area contributed by atoms with Gasteiger partial charge in [0.05, 0.1) is 38.2 Å². The zero-order valence-electron chi connectivity index (χ0n) is 22.5. The minimum atomic E-state index is -0.566. The minimum absolute atomic E-state index is 0.165. The quantitative estimate of drug-likeness (QED) is 0.356. The Morgan fingerprint density at radius 2 is 1.92 bits per heavy atom. The summed E-state index contributed by atoms with van der Waals surface area (Å²) in [6.07, 6.45) is 1.85. The fraction of sp³-hybridized carbons (Fsp3) is 0.433. The maximum absolute atomic E-state index is 10.9. The first-order valence-electron chi connectivity index (χ1n) is 13.4. The average molecular weight is 536 g/mol. The number of aliphatic hydroxyl groups is 1. The molecule has 3 heterocycles. The normalized spacial score (nSPS) is 20.7. The molecule has 1 fully saturated rings. The van der Waals surface area contributed by atoms with Gasteiger partial charge >= 0.3 is 0 Å². The van der Waals surface area contributed by atoms with Crippen LogP contribution in [0.5, 0.6) is 23.1 Å². The Kier molecular flexibility index (Phi) is 9.15. The molecule has 0 spiro atoms. The van der Waals surface area contributed by atoms with E-state index in [4.69, 9.17) is 23.7 Å². The summed E-state index contributed by atoms with van der Waals surface area (Å²) in [5, 5.41) is 14.2. The van der Waals surface area contributed by atoms with Crippen molar-refractivity contribution >= 4 is 5.69 Å². The Hall–Kier alpha value is -3.37. The zero-order chi connectivity index (χ0) is 27.0. The lowest BCUT2D eigenvalue weighted by Crippen LogP contribution is -2.49. The first kappa shape index (κ1) is 27.2. The smallest absolute Gasteiger partial charge is 0.222 e. The van der Waals surface area contributed by atoms with Gasteiger partial charge in [-0.25, -0.2) is 4.98 Å². The third-order valence-corrected chi connectivity index (χ3v) is 7.17. The predicted molar refractivity (Wildman–Crippen MR) is 148 cm³/mol. The molecular weight excluding hydrogens is 498 g/mol. The van der Waals surface area contributed by atoms with Gasteiger partial charge in [0.1, 0.15) is 23.9 Å². The minimum Gasteiger partial charge on any atom is -0.497 e. The van der Waals surface area contributed by atoms with Crippen LogP contribution in [0.25, 0.3) is 0 Å². The van der Waals surface area contributed by atoms with Crippen molar-refractivity contribution in [3.8, 4) is 23.1 Å². The number of nitrogens with zero attached hydrogens (tertiary/aromatic N) is 2. The first-order chi connectivity index (χ1) is 19.1. The number of aliphatic hydroxyl groups excluding tert-OH is 1. The zero-order valence-corrected chi connectivity index (χ0v) is 22.5. The standard InChI is InChI=1S/C30H37N3O6/c1-35-14-3-12-33-13-15-37-27-9-4-21(16-25(27)33)20-38-28-19-31-18-26(34)30(28)22-5-7-23(8-6-22)39-29-17-24(36-2)10-11-32-29/h4-11,16-17,26,28,30-31,34H,3,12-15,18-20H2,1-2H3. The maximum Gasteiger partial charge on any atom is 0.222 e. The Labute approximate surface area is 229 Å². The molecule has 0 radical (unpaired) electrons. The third kappa shape index (κ3) is 6.80. The SMILES string of the molecule is COCCCN1CCOc2ccc(COC3CNCC(O)C3c3ccc(Oc4cc(OC)ccn4)cc3)cc21. The molecule has 2 aliphatic rings. The van der Waals surface area contributed by atoms with Gasteiger partial charge in [-0.15, -0.1) is 0 Å². The van der Waals surface area contributed by atoms with Gasteiger partial charge in [-0.05, 0) is 47.9 Å². The number of pyridine rings is 1. The summed E-state index contributed by atoms with van der Waals surface area (Å²) in [7, 11) is 3.34. The van der Waals surface area contributed by atoms with E-state index in [1.165, 1.54) is 0 Å². The lowest BCUT2D eigenvalue weighted by molar-refractivity contribution is -0.0328. The van der Waals surface area contributed by atoms with Crippen molar-refractivity contribution in [2.75, 3.05) is 58.5 Å². The van der Waals surface area contributed by atoms with Gasteiger partial charge in [0, 0.05) is 51.5 Å². The van der Waals surface area contributed by atoms with Crippen LogP contribution >= 0.6 is 0 Å². The van der Waals surface area contributed by atoms with E-state index in [-0.39, 0.29) is 12.0 Å². The lowest BCUT2D eigenvalue weighted by atomic mass is 9.85. The maximum atomic E-state index is 10.9. The number of methoxy groups -OCH3 is 2. The van der Waals surface area contributed by atoms with Crippen LogP contribution in [0.2, 0.25) is 0 Å². The van der Waals surface area contributed by atoms with Crippen molar-refractivity contribution in [3.63, 3.8) is 0 Å². The van der Waals surface area contributed by atoms with Crippen molar-refractivity contribution in [3.05, 3.63) is 71.9 Å². The largest absolute Gasteiger partial charge is 0.497 e. The van der Waals surface area contributed by atoms with Crippen molar-refractivity contribution in [1.82, 2.24) is 10.3 Å². The summed E-state index contributed by atoms with van der Waals surface area (Å²) in [6, 6.07) is 17.5. The molecule has 1 aromatic heterocycles. The van der Waals surface area contributed by atoms with E-state index in [0.717, 1.165) is 48.7 Å². The highest BCUT2D eigenvalue weighted by molar-refractivity contribution is 5.61. The molecule has 2 aromatic carbocycles. The average Bonchev–Trinajstić information content (AvgIpc) is 2.97. The van der Waals surface area contributed by atoms with Gasteiger partial charge < -0.3 is 39.0 Å². The number of nitrogens with one attached hydrogen (secondary N) is 1. The fourth-order valence-electron chi connectivity index (χ4n) is 5.17. The second kappa shape index (κ2) is 13.1. The van der Waals surface area contributed by atoms with Crippen molar-refractivity contribution < 1.29 is 28.8 Å². The number of benzene rings is 2. The highest BCUT2D eigenvalue weighted by Gasteiger charge is 2.34. The molecule has 3 unspecified atom stereocenters. The number of fused-ring (bicyclic) bond motifs is 1. The molecule has 1 saturated heterocycles. The molecule has 3 aromatic rings. The van der Waals surface area contributed by atoms with Crippen LogP contribution in [0.1, 0.15) is 23.5 Å². The van der Waals surface area contributed by atoms with E-state index in [1.54, 1.807) is 32.5 Å². The van der Waals surface area contributed by atoms with Crippen molar-refractivity contribution in [2.24, 2.45) is 0 Å². The van der Waals surface area contributed by atoms with Gasteiger partial charge in [-0.3, -0.25) is 0 Å². The number of anilines is 1. The topological polar surface area (TPSA) is 94.5 Å². The van der Waals surface area contributed by atoms with Crippen LogP contribution in [-0.2, 0) is 16.1 Å². The van der Waals surface area contributed by atoms with Gasteiger partial charge in [0.25, 0.3) is 0 Å². The summed E-state index contributed by atoms with van der Waals surface area (Å²) >= 11 is 0. The van der Waals surface area contributed by atoms with Crippen molar-refractivity contribution in [1.29, 1.82) is 0 Å². The van der Waals surface area contributed by atoms with Crippen LogP contribution in [0, 0.1) is 0 Å². The highest BCUT2D eigenvalue weighted by Crippen LogP contribution is 2.34. The number of ether oxygens (including phenoxy) is 5. The van der Waals surface area contributed by atoms with Gasteiger partial charge in [0.15, 0.2) is 0 Å². The predicted octanol–water partition coefficient (Wildman–Crippen LogP) is 3.75. The van der Waals surface area contributed by atoms with Crippen LogP contribution in [0.15, 0.2) is 60.8 Å². The molecule has 5 rings (SSSR count). The summed E-state index contributed by atoms with van der Waals surface area (Å²) in [4.78, 5) is 6.58. The molecule has 39 heavy (non-hydrogen) atoms. The molecule has 208 valence electrons. The van der Waals surface area contributed by atoms with Crippen LogP contribution in [0.4, 0.5) is 5.69 Å². The molecule has 0 amide bonds. The number of hydrogen-bond donors (Lipinski definition) is 2. The lowest BCUT2D eigenvalue weighted by Gasteiger charge is -2.36. The number of piperidine rings is 1. The van der Waals surface area contributed by atoms with E-state index >= 15 is 0 Å². The van der Waals surface area contributed by atoms with Gasteiger partial charge in [-0.1, -0.05) is 18.2 Å². The first-order valence-corrected chi connectivity index (χ1v) is 13.4. The fourth-order valence-corrected chi connectivity index (χ4v) is 5.17. The van der Waals surface area contributed by atoms with E-state index in [2.05, 4.69) is 27.3 Å². The molecule has 0 bridgehead atoms. The Balaban J connectivity index is 1.25. The number of hydrogen-bond acceptors (Lipinski definition) is 9. The second-order valence-corrected chi connectivity index (χ2v) is 9.79. The molecule has 3 atom stereocenters. The monoisotopic (exact) mass is 535 g/mol.